The zero-order chi connectivity index (χ0) is 22.7. The van der Waals surface area contributed by atoms with Crippen LogP contribution in [0, 0.1) is 6.92 Å². The first-order valence-corrected chi connectivity index (χ1v) is 11.3. The Kier molecular flexibility index (Phi) is 6.74. The van der Waals surface area contributed by atoms with E-state index in [1.54, 1.807) is 7.11 Å². The molecule has 3 heterocycles. The van der Waals surface area contributed by atoms with Gasteiger partial charge in [0.15, 0.2) is 0 Å². The van der Waals surface area contributed by atoms with Gasteiger partial charge in [0.05, 0.1) is 18.4 Å². The number of methoxy groups -OCH3 is 1. The van der Waals surface area contributed by atoms with Gasteiger partial charge in [-0.2, -0.15) is 0 Å². The van der Waals surface area contributed by atoms with E-state index in [1.807, 2.05) is 53.1 Å². The fourth-order valence-electron chi connectivity index (χ4n) is 4.52. The third-order valence-corrected chi connectivity index (χ3v) is 6.59. The Hall–Kier alpha value is -2.93. The van der Waals surface area contributed by atoms with Crippen LogP contribution in [-0.4, -0.2) is 84.9 Å². The van der Waals surface area contributed by atoms with Crippen LogP contribution in [0.25, 0.3) is 0 Å². The zero-order valence-electron chi connectivity index (χ0n) is 19.2. The number of likely N-dealkylation sites (N-methyl/N-ethyl adjacent to an activating group) is 1. The molecule has 0 spiro atoms. The maximum absolute atomic E-state index is 13.3. The molecule has 0 atom stereocenters. The molecule has 0 aliphatic carbocycles. The second kappa shape index (κ2) is 9.69. The molecule has 4 rings (SSSR count). The summed E-state index contributed by atoms with van der Waals surface area (Å²) in [5, 5.41) is 0. The smallest absolute Gasteiger partial charge is 0.255 e. The summed E-state index contributed by atoms with van der Waals surface area (Å²) in [4.78, 5) is 37.1. The van der Waals surface area contributed by atoms with Crippen molar-refractivity contribution in [3.8, 4) is 5.75 Å². The van der Waals surface area contributed by atoms with E-state index in [1.165, 1.54) is 0 Å². The summed E-state index contributed by atoms with van der Waals surface area (Å²) in [6.45, 7) is 6.57. The number of piperazine rings is 1. The van der Waals surface area contributed by atoms with Gasteiger partial charge >= 0.3 is 0 Å². The first-order valence-electron chi connectivity index (χ1n) is 11.3. The summed E-state index contributed by atoms with van der Waals surface area (Å²) in [6.07, 6.45) is 1.61. The summed E-state index contributed by atoms with van der Waals surface area (Å²) in [7, 11) is 3.70. The van der Waals surface area contributed by atoms with Crippen molar-refractivity contribution in [2.24, 2.45) is 0 Å². The number of nitrogens with zero attached hydrogens (tertiary/aromatic N) is 4. The Morgan fingerprint density at radius 3 is 2.12 bits per heavy atom. The van der Waals surface area contributed by atoms with Crippen LogP contribution in [0.4, 0.5) is 0 Å². The molecule has 0 saturated carbocycles. The van der Waals surface area contributed by atoms with Crippen LogP contribution in [0.2, 0.25) is 0 Å². The van der Waals surface area contributed by atoms with Crippen LogP contribution >= 0.6 is 0 Å². The number of hydrogen-bond donors (Lipinski definition) is 0. The molecule has 2 aliphatic heterocycles. The van der Waals surface area contributed by atoms with Gasteiger partial charge in [-0.3, -0.25) is 14.6 Å². The third kappa shape index (κ3) is 4.78. The maximum atomic E-state index is 13.3. The fourth-order valence-corrected chi connectivity index (χ4v) is 4.52. The molecule has 32 heavy (non-hydrogen) atoms. The molecule has 2 amide bonds. The van der Waals surface area contributed by atoms with Gasteiger partial charge in [0.25, 0.3) is 11.8 Å². The number of carbonyl (C=O) groups is 2. The molecule has 7 nitrogen and oxygen atoms in total. The Balaban J connectivity index is 1.45. The van der Waals surface area contributed by atoms with Crippen LogP contribution in [0.3, 0.4) is 0 Å². The Bertz CT molecular complexity index is 960. The van der Waals surface area contributed by atoms with Crippen molar-refractivity contribution in [3.63, 3.8) is 0 Å². The molecule has 2 saturated heterocycles. The molecule has 0 bridgehead atoms. The summed E-state index contributed by atoms with van der Waals surface area (Å²) in [6, 6.07) is 11.1. The van der Waals surface area contributed by atoms with Crippen molar-refractivity contribution in [2.75, 3.05) is 53.4 Å². The van der Waals surface area contributed by atoms with E-state index in [4.69, 9.17) is 9.72 Å². The van der Waals surface area contributed by atoms with Crippen LogP contribution in [0.1, 0.15) is 50.9 Å². The van der Waals surface area contributed by atoms with Crippen molar-refractivity contribution in [1.29, 1.82) is 0 Å². The highest BCUT2D eigenvalue weighted by atomic mass is 16.5. The number of aromatic nitrogens is 1. The summed E-state index contributed by atoms with van der Waals surface area (Å²) in [5.74, 6) is 1.04. The number of hydrogen-bond acceptors (Lipinski definition) is 5. The normalized spacial score (nSPS) is 18.0. The van der Waals surface area contributed by atoms with E-state index in [-0.39, 0.29) is 17.7 Å². The number of aryl methyl sites for hydroxylation is 1. The Labute approximate surface area is 190 Å². The molecule has 0 N–H and O–H groups in total. The minimum atomic E-state index is 0.0389. The lowest BCUT2D eigenvalue weighted by molar-refractivity contribution is 0.0654. The monoisotopic (exact) mass is 436 g/mol. The van der Waals surface area contributed by atoms with Crippen molar-refractivity contribution < 1.29 is 14.3 Å². The van der Waals surface area contributed by atoms with Gasteiger partial charge in [-0.25, -0.2) is 0 Å². The molecule has 2 fully saturated rings. The molecule has 1 aromatic carbocycles. The second-order valence-electron chi connectivity index (χ2n) is 8.78. The number of rotatable bonds is 4. The van der Waals surface area contributed by atoms with Crippen molar-refractivity contribution in [2.45, 2.75) is 25.7 Å². The summed E-state index contributed by atoms with van der Waals surface area (Å²) >= 11 is 0. The highest BCUT2D eigenvalue weighted by Gasteiger charge is 2.30. The first kappa shape index (κ1) is 22.3. The number of likely N-dealkylation sites (tertiary alicyclic amines) is 1. The molecule has 2 aromatic rings. The van der Waals surface area contributed by atoms with Gasteiger partial charge in [0.1, 0.15) is 5.75 Å². The summed E-state index contributed by atoms with van der Waals surface area (Å²) < 4.78 is 5.18. The average Bonchev–Trinajstić information content (AvgIpc) is 2.84. The molecule has 0 unspecified atom stereocenters. The Morgan fingerprint density at radius 1 is 0.875 bits per heavy atom. The topological polar surface area (TPSA) is 66.0 Å². The molecule has 2 aliphatic rings. The first-order chi connectivity index (χ1) is 15.5. The van der Waals surface area contributed by atoms with Crippen LogP contribution in [-0.2, 0) is 0 Å². The van der Waals surface area contributed by atoms with E-state index < -0.39 is 0 Å². The molecular formula is C25H32N4O3. The predicted octanol–water partition coefficient (Wildman–Crippen LogP) is 2.81. The van der Waals surface area contributed by atoms with Gasteiger partial charge in [-0.1, -0.05) is 0 Å². The van der Waals surface area contributed by atoms with E-state index in [9.17, 15) is 9.59 Å². The minimum Gasteiger partial charge on any atom is -0.497 e. The lowest BCUT2D eigenvalue weighted by atomic mass is 9.89. The zero-order valence-corrected chi connectivity index (χ0v) is 19.2. The lowest BCUT2D eigenvalue weighted by Crippen LogP contribution is -2.47. The van der Waals surface area contributed by atoms with Crippen LogP contribution < -0.4 is 4.74 Å². The lowest BCUT2D eigenvalue weighted by Gasteiger charge is -2.35. The highest BCUT2D eigenvalue weighted by Crippen LogP contribution is 2.31. The van der Waals surface area contributed by atoms with Gasteiger partial charge < -0.3 is 19.4 Å². The molecule has 170 valence electrons. The maximum Gasteiger partial charge on any atom is 0.255 e. The molecule has 0 radical (unpaired) electrons. The van der Waals surface area contributed by atoms with Gasteiger partial charge in [0.2, 0.25) is 0 Å². The second-order valence-corrected chi connectivity index (χ2v) is 8.78. The highest BCUT2D eigenvalue weighted by molar-refractivity contribution is 5.96. The van der Waals surface area contributed by atoms with Crippen LogP contribution in [0.5, 0.6) is 5.75 Å². The Morgan fingerprint density at radius 2 is 1.50 bits per heavy atom. The van der Waals surface area contributed by atoms with E-state index >= 15 is 0 Å². The van der Waals surface area contributed by atoms with Gasteiger partial charge in [-0.15, -0.1) is 0 Å². The van der Waals surface area contributed by atoms with Crippen molar-refractivity contribution in [1.82, 2.24) is 19.7 Å². The quantitative estimate of drug-likeness (QED) is 0.737. The largest absolute Gasteiger partial charge is 0.497 e. The standard InChI is InChI=1S/C25H32N4O3/c1-18-4-9-22(25(31)29-16-14-27(2)15-17-29)23(26-18)19-10-12-28(13-11-19)24(30)20-5-7-21(32-3)8-6-20/h4-9,19H,10-17H2,1-3H3. The minimum absolute atomic E-state index is 0.0389. The SMILES string of the molecule is COc1ccc(C(=O)N2CCC(c3nc(C)ccc3C(=O)N3CCN(C)CC3)CC2)cc1. The average molecular weight is 437 g/mol. The number of amides is 2. The number of benzene rings is 1. The summed E-state index contributed by atoms with van der Waals surface area (Å²) in [5.41, 5.74) is 3.21. The number of carbonyl (C=O) groups excluding carboxylic acids is 2. The fraction of sp³-hybridized carbons (Fsp3) is 0.480. The van der Waals surface area contributed by atoms with Crippen molar-refractivity contribution >= 4 is 11.8 Å². The van der Waals surface area contributed by atoms with E-state index in [2.05, 4.69) is 11.9 Å². The predicted molar refractivity (Wildman–Crippen MR) is 123 cm³/mol. The molecule has 1 aromatic heterocycles. The van der Waals surface area contributed by atoms with E-state index in [0.717, 1.165) is 61.7 Å². The number of pyridine rings is 1. The number of piperidine rings is 1. The van der Waals surface area contributed by atoms with Crippen LogP contribution in [0.15, 0.2) is 36.4 Å². The van der Waals surface area contributed by atoms with Crippen molar-refractivity contribution in [3.05, 3.63) is 58.9 Å². The van der Waals surface area contributed by atoms with Gasteiger partial charge in [-0.05, 0) is 63.2 Å². The third-order valence-electron chi connectivity index (χ3n) is 6.59. The molecular weight excluding hydrogens is 404 g/mol. The van der Waals surface area contributed by atoms with Gasteiger partial charge in [0, 0.05) is 56.4 Å². The van der Waals surface area contributed by atoms with E-state index in [0.29, 0.717) is 18.7 Å². The number of ether oxygens (including phenoxy) is 1. The molecule has 7 heteroatoms.